The number of hydrogen-bond acceptors (Lipinski definition) is 3. The first kappa shape index (κ1) is 14.5. The van der Waals surface area contributed by atoms with Crippen molar-refractivity contribution in [3.8, 4) is 0 Å². The summed E-state index contributed by atoms with van der Waals surface area (Å²) in [7, 11) is -4.86. The van der Waals surface area contributed by atoms with Gasteiger partial charge < -0.3 is 4.90 Å². The average molecular weight is 330 g/mol. The van der Waals surface area contributed by atoms with Crippen LogP contribution < -0.4 is 4.90 Å². The molecule has 1 aliphatic rings. The van der Waals surface area contributed by atoms with Gasteiger partial charge in [-0.15, -0.1) is 3.89 Å². The molecule has 1 atom stereocenters. The quantitative estimate of drug-likeness (QED) is 0.619. The molecule has 0 aliphatic carbocycles. The molecule has 1 aliphatic heterocycles. The molecule has 0 aromatic heterocycles. The van der Waals surface area contributed by atoms with Gasteiger partial charge in [0, 0.05) is 18.0 Å². The van der Waals surface area contributed by atoms with Crippen molar-refractivity contribution in [1.29, 1.82) is 0 Å². The summed E-state index contributed by atoms with van der Waals surface area (Å²) in [6.07, 6.45) is -0.539. The van der Waals surface area contributed by atoms with Gasteiger partial charge in [-0.05, 0) is 12.1 Å². The van der Waals surface area contributed by atoms with Crippen molar-refractivity contribution in [2.45, 2.75) is 11.7 Å². The fourth-order valence-corrected chi connectivity index (χ4v) is 2.99. The second-order valence-corrected chi connectivity index (χ2v) is 6.49. The fourth-order valence-electron chi connectivity index (χ4n) is 1.84. The van der Waals surface area contributed by atoms with Gasteiger partial charge in [-0.25, -0.2) is 4.39 Å². The van der Waals surface area contributed by atoms with Crippen LogP contribution in [0.2, 0.25) is 10.0 Å². The van der Waals surface area contributed by atoms with Crippen molar-refractivity contribution in [3.63, 3.8) is 0 Å². The summed E-state index contributed by atoms with van der Waals surface area (Å²) in [4.78, 5) is 12.5. The minimum Gasteiger partial charge on any atom is -0.308 e. The number of amides is 1. The number of benzene rings is 1. The summed E-state index contributed by atoms with van der Waals surface area (Å²) in [6, 6.07) is 2.28. The lowest BCUT2D eigenvalue weighted by atomic mass is 10.3. The van der Waals surface area contributed by atoms with Gasteiger partial charge in [0.25, 0.3) is 0 Å². The van der Waals surface area contributed by atoms with Gasteiger partial charge >= 0.3 is 10.2 Å². The van der Waals surface area contributed by atoms with Gasteiger partial charge in [-0.2, -0.15) is 8.42 Å². The van der Waals surface area contributed by atoms with E-state index in [9.17, 15) is 21.5 Å². The Morgan fingerprint density at radius 3 is 2.47 bits per heavy atom. The van der Waals surface area contributed by atoms with Gasteiger partial charge in [0.15, 0.2) is 5.82 Å². The Kier molecular flexibility index (Phi) is 3.72. The van der Waals surface area contributed by atoms with Crippen LogP contribution in [0.15, 0.2) is 12.1 Å². The third kappa shape index (κ3) is 2.82. The zero-order chi connectivity index (χ0) is 14.4. The molecular weight excluding hydrogens is 323 g/mol. The Labute approximate surface area is 118 Å². The van der Waals surface area contributed by atoms with Crippen LogP contribution >= 0.6 is 23.2 Å². The van der Waals surface area contributed by atoms with Crippen molar-refractivity contribution in [1.82, 2.24) is 0 Å². The highest BCUT2D eigenvalue weighted by molar-refractivity contribution is 7.87. The lowest BCUT2D eigenvalue weighted by molar-refractivity contribution is -0.117. The van der Waals surface area contributed by atoms with Crippen LogP contribution in [0, 0.1) is 5.82 Å². The normalized spacial score (nSPS) is 20.1. The van der Waals surface area contributed by atoms with E-state index in [2.05, 4.69) is 0 Å². The van der Waals surface area contributed by atoms with Gasteiger partial charge in [0.05, 0.1) is 10.7 Å². The monoisotopic (exact) mass is 329 g/mol. The van der Waals surface area contributed by atoms with Crippen LogP contribution in [-0.2, 0) is 15.0 Å². The molecule has 0 spiro atoms. The zero-order valence-electron chi connectivity index (χ0n) is 9.24. The van der Waals surface area contributed by atoms with Crippen molar-refractivity contribution < 1.29 is 21.5 Å². The number of hydrogen-bond donors (Lipinski definition) is 0. The number of anilines is 1. The topological polar surface area (TPSA) is 54.5 Å². The molecule has 1 fully saturated rings. The molecule has 1 aromatic carbocycles. The Hall–Kier alpha value is -0.920. The van der Waals surface area contributed by atoms with Crippen LogP contribution in [-0.4, -0.2) is 26.1 Å². The van der Waals surface area contributed by atoms with Gasteiger partial charge in [-0.1, -0.05) is 23.2 Å². The molecule has 0 radical (unpaired) electrons. The van der Waals surface area contributed by atoms with Crippen LogP contribution in [0.25, 0.3) is 0 Å². The van der Waals surface area contributed by atoms with Crippen molar-refractivity contribution in [2.24, 2.45) is 0 Å². The van der Waals surface area contributed by atoms with Crippen LogP contribution in [0.5, 0.6) is 0 Å². The van der Waals surface area contributed by atoms with Crippen LogP contribution in [0.1, 0.15) is 6.42 Å². The molecular formula is C10H7Cl2F2NO3S. The van der Waals surface area contributed by atoms with E-state index in [0.717, 1.165) is 17.0 Å². The highest BCUT2D eigenvalue weighted by Gasteiger charge is 2.40. The van der Waals surface area contributed by atoms with Gasteiger partial charge in [-0.3, -0.25) is 4.79 Å². The second-order valence-electron chi connectivity index (χ2n) is 4.03. The highest BCUT2D eigenvalue weighted by atomic mass is 35.5. The first-order chi connectivity index (χ1) is 8.70. The first-order valence-corrected chi connectivity index (χ1v) is 7.29. The summed E-state index contributed by atoms with van der Waals surface area (Å²) in [5, 5.41) is -1.72. The summed E-state index contributed by atoms with van der Waals surface area (Å²) in [6.45, 7) is -0.467. The Balaban J connectivity index is 2.41. The SMILES string of the molecule is O=C1CC(S(=O)(=O)F)CN1c1cc(Cl)cc(Cl)c1F. The number of carbonyl (C=O) groups excluding carboxylic acids is 1. The van der Waals surface area contributed by atoms with Crippen LogP contribution in [0.3, 0.4) is 0 Å². The van der Waals surface area contributed by atoms with E-state index in [4.69, 9.17) is 23.2 Å². The lowest BCUT2D eigenvalue weighted by Gasteiger charge is -2.17. The summed E-state index contributed by atoms with van der Waals surface area (Å²) in [5.74, 6) is -1.61. The van der Waals surface area contributed by atoms with Crippen molar-refractivity contribution >= 4 is 45.0 Å². The molecule has 1 unspecified atom stereocenters. The molecule has 0 saturated carbocycles. The Bertz CT molecular complexity index is 650. The largest absolute Gasteiger partial charge is 0.308 e. The van der Waals surface area contributed by atoms with E-state index < -0.39 is 40.2 Å². The predicted octanol–water partition coefficient (Wildman–Crippen LogP) is 2.54. The summed E-state index contributed by atoms with van der Waals surface area (Å²) < 4.78 is 48.2. The smallest absolute Gasteiger partial charge is 0.307 e. The Morgan fingerprint density at radius 1 is 1.32 bits per heavy atom. The molecule has 1 amide bonds. The van der Waals surface area contributed by atoms with E-state index >= 15 is 0 Å². The maximum Gasteiger partial charge on any atom is 0.307 e. The number of halogens is 4. The molecule has 1 heterocycles. The molecule has 2 rings (SSSR count). The molecule has 19 heavy (non-hydrogen) atoms. The highest BCUT2D eigenvalue weighted by Crippen LogP contribution is 2.33. The summed E-state index contributed by atoms with van der Waals surface area (Å²) >= 11 is 11.3. The van der Waals surface area contributed by atoms with E-state index in [1.807, 2.05) is 0 Å². The third-order valence-corrected chi connectivity index (χ3v) is 4.36. The van der Waals surface area contributed by atoms with E-state index in [1.54, 1.807) is 0 Å². The predicted molar refractivity (Wildman–Crippen MR) is 67.2 cm³/mol. The van der Waals surface area contributed by atoms with Crippen LogP contribution in [0.4, 0.5) is 14.0 Å². The fraction of sp³-hybridized carbons (Fsp3) is 0.300. The van der Waals surface area contributed by atoms with Gasteiger partial charge in [0.1, 0.15) is 5.25 Å². The molecule has 1 aromatic rings. The summed E-state index contributed by atoms with van der Waals surface area (Å²) in [5.41, 5.74) is -0.256. The maximum absolute atomic E-state index is 13.8. The maximum atomic E-state index is 13.8. The molecule has 4 nitrogen and oxygen atoms in total. The minimum absolute atomic E-state index is 0.0840. The Morgan fingerprint density at radius 2 is 1.95 bits per heavy atom. The number of carbonyl (C=O) groups is 1. The standard InChI is InChI=1S/C10H7Cl2F2NO3S/c11-5-1-7(12)10(13)8(2-5)15-4-6(3-9(15)16)19(14,17)18/h1-2,6H,3-4H2. The number of nitrogens with zero attached hydrogens (tertiary/aromatic N) is 1. The van der Waals surface area contributed by atoms with E-state index in [-0.39, 0.29) is 15.7 Å². The minimum atomic E-state index is -4.86. The third-order valence-electron chi connectivity index (χ3n) is 2.75. The zero-order valence-corrected chi connectivity index (χ0v) is 11.6. The van der Waals surface area contributed by atoms with E-state index in [0.29, 0.717) is 0 Å². The number of rotatable bonds is 2. The van der Waals surface area contributed by atoms with E-state index in [1.165, 1.54) is 0 Å². The van der Waals surface area contributed by atoms with Gasteiger partial charge in [0.2, 0.25) is 5.91 Å². The molecule has 9 heteroatoms. The molecule has 1 saturated heterocycles. The van der Waals surface area contributed by atoms with Crippen molar-refractivity contribution in [3.05, 3.63) is 28.0 Å². The molecule has 0 N–H and O–H groups in total. The molecule has 0 bridgehead atoms. The first-order valence-electron chi connectivity index (χ1n) is 5.08. The lowest BCUT2D eigenvalue weighted by Crippen LogP contribution is -2.27. The second kappa shape index (κ2) is 4.88. The molecule has 104 valence electrons. The average Bonchev–Trinajstić information content (AvgIpc) is 2.65. The van der Waals surface area contributed by atoms with Crippen molar-refractivity contribution in [2.75, 3.05) is 11.4 Å².